The van der Waals surface area contributed by atoms with Crippen LogP contribution in [0.5, 0.6) is 0 Å². The fourth-order valence-corrected chi connectivity index (χ4v) is 4.68. The van der Waals surface area contributed by atoms with Crippen molar-refractivity contribution in [1.82, 2.24) is 9.80 Å². The highest BCUT2D eigenvalue weighted by atomic mass is 16.5. The molecule has 3 aliphatic rings. The molecule has 1 aromatic rings. The normalized spacial score (nSPS) is 29.7. The molecule has 1 aliphatic carbocycles. The lowest BCUT2D eigenvalue weighted by Crippen LogP contribution is -2.38. The highest BCUT2D eigenvalue weighted by Gasteiger charge is 2.50. The molecule has 0 radical (unpaired) electrons. The lowest BCUT2D eigenvalue weighted by atomic mass is 9.77. The molecule has 0 aromatic heterocycles. The van der Waals surface area contributed by atoms with Crippen LogP contribution in [0.2, 0.25) is 0 Å². The van der Waals surface area contributed by atoms with E-state index in [1.807, 2.05) is 31.2 Å². The van der Waals surface area contributed by atoms with Gasteiger partial charge in [0.1, 0.15) is 0 Å². The van der Waals surface area contributed by atoms with Crippen LogP contribution in [0.25, 0.3) is 0 Å². The maximum atomic E-state index is 12.9. The van der Waals surface area contributed by atoms with Gasteiger partial charge in [0, 0.05) is 49.7 Å². The SMILES string of the molecule is Cc1cccc(C(=O)N2CC[C@]3(CN(C)C[C@H]3COCC3CC3)C2)c1. The summed E-state index contributed by atoms with van der Waals surface area (Å²) in [6.45, 7) is 7.76. The Bertz CT molecular complexity index is 643. The molecule has 2 heterocycles. The first-order valence-corrected chi connectivity index (χ1v) is 9.68. The van der Waals surface area contributed by atoms with Crippen LogP contribution < -0.4 is 0 Å². The molecule has 2 saturated heterocycles. The van der Waals surface area contributed by atoms with Gasteiger partial charge in [0.05, 0.1) is 6.61 Å². The Morgan fingerprint density at radius 1 is 1.28 bits per heavy atom. The van der Waals surface area contributed by atoms with Gasteiger partial charge in [0.2, 0.25) is 0 Å². The Morgan fingerprint density at radius 2 is 2.12 bits per heavy atom. The highest BCUT2D eigenvalue weighted by Crippen LogP contribution is 2.44. The molecular formula is C21H30N2O2. The number of amides is 1. The molecule has 4 heteroatoms. The molecule has 1 saturated carbocycles. The molecule has 0 unspecified atom stereocenters. The van der Waals surface area contributed by atoms with Gasteiger partial charge in [0.15, 0.2) is 0 Å². The van der Waals surface area contributed by atoms with Crippen molar-refractivity contribution >= 4 is 5.91 Å². The molecule has 1 amide bonds. The molecule has 1 spiro atoms. The summed E-state index contributed by atoms with van der Waals surface area (Å²) in [6.07, 6.45) is 3.79. The number of ether oxygens (including phenoxy) is 1. The maximum Gasteiger partial charge on any atom is 0.253 e. The topological polar surface area (TPSA) is 32.8 Å². The fourth-order valence-electron chi connectivity index (χ4n) is 4.68. The summed E-state index contributed by atoms with van der Waals surface area (Å²) in [6, 6.07) is 7.97. The second-order valence-corrected chi connectivity index (χ2v) is 8.58. The lowest BCUT2D eigenvalue weighted by Gasteiger charge is -2.30. The van der Waals surface area contributed by atoms with E-state index in [1.165, 1.54) is 12.8 Å². The summed E-state index contributed by atoms with van der Waals surface area (Å²) in [5.74, 6) is 1.55. The minimum Gasteiger partial charge on any atom is -0.381 e. The third kappa shape index (κ3) is 3.61. The third-order valence-corrected chi connectivity index (χ3v) is 6.29. The summed E-state index contributed by atoms with van der Waals surface area (Å²) >= 11 is 0. The van der Waals surface area contributed by atoms with Gasteiger partial charge in [-0.05, 0) is 51.3 Å². The van der Waals surface area contributed by atoms with Crippen LogP contribution in [-0.2, 0) is 4.74 Å². The van der Waals surface area contributed by atoms with E-state index in [1.54, 1.807) is 0 Å². The lowest BCUT2D eigenvalue weighted by molar-refractivity contribution is 0.0530. The monoisotopic (exact) mass is 342 g/mol. The van der Waals surface area contributed by atoms with Gasteiger partial charge in [-0.3, -0.25) is 4.79 Å². The number of carbonyl (C=O) groups is 1. The van der Waals surface area contributed by atoms with Crippen LogP contribution in [0, 0.1) is 24.2 Å². The van der Waals surface area contributed by atoms with E-state index in [2.05, 4.69) is 16.8 Å². The number of hydrogen-bond acceptors (Lipinski definition) is 3. The van der Waals surface area contributed by atoms with Gasteiger partial charge in [-0.25, -0.2) is 0 Å². The smallest absolute Gasteiger partial charge is 0.253 e. The van der Waals surface area contributed by atoms with Crippen molar-refractivity contribution in [3.8, 4) is 0 Å². The Labute approximate surface area is 151 Å². The largest absolute Gasteiger partial charge is 0.381 e. The molecule has 2 atom stereocenters. The standard InChI is InChI=1S/C21H30N2O2/c1-16-4-3-5-18(10-16)20(24)23-9-8-21(15-23)14-22(2)11-19(21)13-25-12-17-6-7-17/h3-5,10,17,19H,6-9,11-15H2,1-2H3/t19-,21-/m0/s1. The fraction of sp³-hybridized carbons (Fsp3) is 0.667. The van der Waals surface area contributed by atoms with Crippen LogP contribution in [0.4, 0.5) is 0 Å². The van der Waals surface area contributed by atoms with Gasteiger partial charge in [-0.2, -0.15) is 0 Å². The Balaban J connectivity index is 1.42. The number of hydrogen-bond donors (Lipinski definition) is 0. The van der Waals surface area contributed by atoms with E-state index >= 15 is 0 Å². The number of likely N-dealkylation sites (tertiary alicyclic amines) is 2. The Morgan fingerprint density at radius 3 is 2.88 bits per heavy atom. The number of nitrogens with zero attached hydrogens (tertiary/aromatic N) is 2. The van der Waals surface area contributed by atoms with Gasteiger partial charge >= 0.3 is 0 Å². The van der Waals surface area contributed by atoms with E-state index in [0.717, 1.165) is 62.9 Å². The van der Waals surface area contributed by atoms with Crippen molar-refractivity contribution in [2.24, 2.45) is 17.3 Å². The average Bonchev–Trinajstić information content (AvgIpc) is 3.23. The van der Waals surface area contributed by atoms with Crippen LogP contribution in [0.1, 0.15) is 35.2 Å². The Kier molecular flexibility index (Phi) is 4.59. The first-order valence-electron chi connectivity index (χ1n) is 9.68. The molecule has 136 valence electrons. The maximum absolute atomic E-state index is 12.9. The third-order valence-electron chi connectivity index (χ3n) is 6.29. The van der Waals surface area contributed by atoms with Crippen LogP contribution in [-0.4, -0.2) is 62.1 Å². The number of carbonyl (C=O) groups excluding carboxylic acids is 1. The average molecular weight is 342 g/mol. The zero-order valence-electron chi connectivity index (χ0n) is 15.5. The molecule has 0 bridgehead atoms. The van der Waals surface area contributed by atoms with E-state index in [0.29, 0.717) is 5.92 Å². The van der Waals surface area contributed by atoms with Crippen molar-refractivity contribution in [1.29, 1.82) is 0 Å². The quantitative estimate of drug-likeness (QED) is 0.825. The second-order valence-electron chi connectivity index (χ2n) is 8.58. The van der Waals surface area contributed by atoms with E-state index < -0.39 is 0 Å². The summed E-state index contributed by atoms with van der Waals surface area (Å²) in [4.78, 5) is 17.4. The van der Waals surface area contributed by atoms with Crippen LogP contribution in [0.15, 0.2) is 24.3 Å². The van der Waals surface area contributed by atoms with E-state index in [4.69, 9.17) is 4.74 Å². The summed E-state index contributed by atoms with van der Waals surface area (Å²) in [7, 11) is 2.20. The Hall–Kier alpha value is -1.39. The predicted octanol–water partition coefficient (Wildman–Crippen LogP) is 2.82. The molecule has 4 nitrogen and oxygen atoms in total. The van der Waals surface area contributed by atoms with Gasteiger partial charge in [-0.15, -0.1) is 0 Å². The van der Waals surface area contributed by atoms with Gasteiger partial charge in [0.25, 0.3) is 5.91 Å². The first kappa shape index (κ1) is 17.0. The predicted molar refractivity (Wildman–Crippen MR) is 98.7 cm³/mol. The molecule has 1 aromatic carbocycles. The molecule has 2 aliphatic heterocycles. The minimum atomic E-state index is 0.188. The van der Waals surface area contributed by atoms with Gasteiger partial charge < -0.3 is 14.5 Å². The summed E-state index contributed by atoms with van der Waals surface area (Å²) in [5.41, 5.74) is 2.19. The minimum absolute atomic E-state index is 0.188. The molecule has 0 N–H and O–H groups in total. The molecule has 25 heavy (non-hydrogen) atoms. The van der Waals surface area contributed by atoms with Crippen molar-refractivity contribution in [3.05, 3.63) is 35.4 Å². The van der Waals surface area contributed by atoms with Crippen LogP contribution >= 0.6 is 0 Å². The number of aryl methyl sites for hydroxylation is 1. The van der Waals surface area contributed by atoms with Crippen molar-refractivity contribution in [2.45, 2.75) is 26.2 Å². The summed E-state index contributed by atoms with van der Waals surface area (Å²) < 4.78 is 6.04. The number of benzene rings is 1. The van der Waals surface area contributed by atoms with Crippen LogP contribution in [0.3, 0.4) is 0 Å². The molecule has 4 rings (SSSR count). The van der Waals surface area contributed by atoms with Crippen molar-refractivity contribution in [3.63, 3.8) is 0 Å². The van der Waals surface area contributed by atoms with E-state index in [9.17, 15) is 4.79 Å². The first-order chi connectivity index (χ1) is 12.1. The second kappa shape index (κ2) is 6.73. The van der Waals surface area contributed by atoms with E-state index in [-0.39, 0.29) is 11.3 Å². The zero-order chi connectivity index (χ0) is 17.4. The van der Waals surface area contributed by atoms with Crippen molar-refractivity contribution in [2.75, 3.05) is 46.4 Å². The molecule has 3 fully saturated rings. The van der Waals surface area contributed by atoms with Gasteiger partial charge in [-0.1, -0.05) is 17.7 Å². The molecular weight excluding hydrogens is 312 g/mol. The number of rotatable bonds is 5. The highest BCUT2D eigenvalue weighted by molar-refractivity contribution is 5.94. The zero-order valence-corrected chi connectivity index (χ0v) is 15.5. The van der Waals surface area contributed by atoms with Crippen molar-refractivity contribution < 1.29 is 9.53 Å². The summed E-state index contributed by atoms with van der Waals surface area (Å²) in [5, 5.41) is 0.